The van der Waals surface area contributed by atoms with Crippen LogP contribution in [0.2, 0.25) is 0 Å². The molecular formula is C12H14O2. The van der Waals surface area contributed by atoms with Crippen LogP contribution in [0.15, 0.2) is 30.9 Å². The molecule has 2 heteroatoms. The summed E-state index contributed by atoms with van der Waals surface area (Å²) in [5, 5.41) is 0. The molecule has 0 N–H and O–H groups in total. The van der Waals surface area contributed by atoms with Crippen molar-refractivity contribution in [1.29, 1.82) is 0 Å². The number of hydrogen-bond acceptors (Lipinski definition) is 2. The van der Waals surface area contributed by atoms with Gasteiger partial charge in [-0.25, -0.2) is 4.79 Å². The molecule has 0 unspecified atom stereocenters. The second-order valence-electron chi connectivity index (χ2n) is 3.31. The molecule has 1 aromatic carbocycles. The van der Waals surface area contributed by atoms with Crippen molar-refractivity contribution >= 4 is 5.97 Å². The van der Waals surface area contributed by atoms with E-state index in [1.165, 1.54) is 17.2 Å². The van der Waals surface area contributed by atoms with Gasteiger partial charge in [0.05, 0.1) is 0 Å². The summed E-state index contributed by atoms with van der Waals surface area (Å²) in [5.74, 6) is -0.385. The molecule has 0 saturated heterocycles. The van der Waals surface area contributed by atoms with Crippen LogP contribution in [0.1, 0.15) is 16.7 Å². The van der Waals surface area contributed by atoms with Crippen molar-refractivity contribution in [3.05, 3.63) is 47.5 Å². The molecule has 14 heavy (non-hydrogen) atoms. The number of benzene rings is 1. The Kier molecular flexibility index (Phi) is 3.46. The molecule has 0 radical (unpaired) electrons. The summed E-state index contributed by atoms with van der Waals surface area (Å²) in [6.45, 7) is 7.69. The Labute approximate surface area is 84.2 Å². The maximum atomic E-state index is 10.8. The first kappa shape index (κ1) is 10.5. The van der Waals surface area contributed by atoms with Gasteiger partial charge in [0.1, 0.15) is 6.61 Å². The summed E-state index contributed by atoms with van der Waals surface area (Å²) in [5.41, 5.74) is 3.36. The van der Waals surface area contributed by atoms with E-state index in [2.05, 4.69) is 12.6 Å². The maximum absolute atomic E-state index is 10.8. The van der Waals surface area contributed by atoms with Crippen molar-refractivity contribution in [2.45, 2.75) is 20.5 Å². The lowest BCUT2D eigenvalue weighted by molar-refractivity contribution is -0.138. The molecule has 0 fully saturated rings. The van der Waals surface area contributed by atoms with Crippen LogP contribution in [-0.2, 0) is 16.1 Å². The van der Waals surface area contributed by atoms with Gasteiger partial charge in [-0.2, -0.15) is 0 Å². The highest BCUT2D eigenvalue weighted by atomic mass is 16.5. The lowest BCUT2D eigenvalue weighted by atomic mass is 10.1. The number of carbonyl (C=O) groups is 1. The van der Waals surface area contributed by atoms with E-state index in [-0.39, 0.29) is 5.97 Å². The van der Waals surface area contributed by atoms with Gasteiger partial charge in [0, 0.05) is 6.08 Å². The predicted molar refractivity (Wildman–Crippen MR) is 55.9 cm³/mol. The highest BCUT2D eigenvalue weighted by Gasteiger charge is 1.99. The molecule has 0 aliphatic carbocycles. The SMILES string of the molecule is C=CC(=O)OCc1cc(C)cc(C)c1. The largest absolute Gasteiger partial charge is 0.458 e. The molecule has 0 heterocycles. The quantitative estimate of drug-likeness (QED) is 0.540. The van der Waals surface area contributed by atoms with E-state index in [4.69, 9.17) is 4.74 Å². The van der Waals surface area contributed by atoms with E-state index in [0.29, 0.717) is 6.61 Å². The first-order valence-corrected chi connectivity index (χ1v) is 4.48. The molecule has 74 valence electrons. The molecule has 0 bridgehead atoms. The Hall–Kier alpha value is -1.57. The first-order chi connectivity index (χ1) is 6.61. The second-order valence-corrected chi connectivity index (χ2v) is 3.31. The zero-order chi connectivity index (χ0) is 10.6. The molecule has 0 aliphatic heterocycles. The van der Waals surface area contributed by atoms with E-state index in [1.807, 2.05) is 26.0 Å². The molecular weight excluding hydrogens is 176 g/mol. The van der Waals surface area contributed by atoms with Crippen molar-refractivity contribution in [3.63, 3.8) is 0 Å². The van der Waals surface area contributed by atoms with Crippen molar-refractivity contribution in [3.8, 4) is 0 Å². The van der Waals surface area contributed by atoms with Crippen LogP contribution >= 0.6 is 0 Å². The van der Waals surface area contributed by atoms with Gasteiger partial charge in [0.15, 0.2) is 0 Å². The van der Waals surface area contributed by atoms with Crippen LogP contribution in [0.3, 0.4) is 0 Å². The Balaban J connectivity index is 2.67. The Bertz CT molecular complexity index is 333. The summed E-state index contributed by atoms with van der Waals surface area (Å²) in [7, 11) is 0. The third kappa shape index (κ3) is 3.05. The molecule has 0 spiro atoms. The molecule has 2 nitrogen and oxygen atoms in total. The van der Waals surface area contributed by atoms with Crippen molar-refractivity contribution in [2.75, 3.05) is 0 Å². The Morgan fingerprint density at radius 1 is 1.36 bits per heavy atom. The molecule has 0 aliphatic rings. The van der Waals surface area contributed by atoms with Crippen LogP contribution < -0.4 is 0 Å². The monoisotopic (exact) mass is 190 g/mol. The Morgan fingerprint density at radius 3 is 2.43 bits per heavy atom. The van der Waals surface area contributed by atoms with Crippen molar-refractivity contribution in [2.24, 2.45) is 0 Å². The van der Waals surface area contributed by atoms with E-state index < -0.39 is 0 Å². The smallest absolute Gasteiger partial charge is 0.330 e. The number of rotatable bonds is 3. The topological polar surface area (TPSA) is 26.3 Å². The van der Waals surface area contributed by atoms with Crippen LogP contribution in [0.25, 0.3) is 0 Å². The summed E-state index contributed by atoms with van der Waals surface area (Å²) >= 11 is 0. The van der Waals surface area contributed by atoms with Gasteiger partial charge in [0.25, 0.3) is 0 Å². The highest BCUT2D eigenvalue weighted by molar-refractivity contribution is 5.81. The number of carbonyl (C=O) groups excluding carboxylic acids is 1. The van der Waals surface area contributed by atoms with E-state index in [9.17, 15) is 4.79 Å². The maximum Gasteiger partial charge on any atom is 0.330 e. The van der Waals surface area contributed by atoms with Gasteiger partial charge >= 0.3 is 5.97 Å². The van der Waals surface area contributed by atoms with Crippen molar-refractivity contribution < 1.29 is 9.53 Å². The molecule has 1 rings (SSSR count). The number of ether oxygens (including phenoxy) is 1. The summed E-state index contributed by atoms with van der Waals surface area (Å²) < 4.78 is 4.93. The first-order valence-electron chi connectivity index (χ1n) is 4.48. The standard InChI is InChI=1S/C12H14O2/c1-4-12(13)14-8-11-6-9(2)5-10(3)7-11/h4-7H,1,8H2,2-3H3. The Morgan fingerprint density at radius 2 is 1.93 bits per heavy atom. The van der Waals surface area contributed by atoms with Gasteiger partial charge in [0.2, 0.25) is 0 Å². The van der Waals surface area contributed by atoms with Crippen molar-refractivity contribution in [1.82, 2.24) is 0 Å². The fourth-order valence-electron chi connectivity index (χ4n) is 1.37. The lowest BCUT2D eigenvalue weighted by Crippen LogP contribution is -2.00. The fourth-order valence-corrected chi connectivity index (χ4v) is 1.37. The van der Waals surface area contributed by atoms with Gasteiger partial charge in [-0.1, -0.05) is 35.9 Å². The van der Waals surface area contributed by atoms with Gasteiger partial charge in [-0.15, -0.1) is 0 Å². The third-order valence-corrected chi connectivity index (χ3v) is 1.83. The molecule has 0 atom stereocenters. The molecule has 0 aromatic heterocycles. The van der Waals surface area contributed by atoms with Crippen LogP contribution in [0.5, 0.6) is 0 Å². The average molecular weight is 190 g/mol. The van der Waals surface area contributed by atoms with Crippen LogP contribution in [-0.4, -0.2) is 5.97 Å². The average Bonchev–Trinajstić information content (AvgIpc) is 2.12. The van der Waals surface area contributed by atoms with Crippen LogP contribution in [0.4, 0.5) is 0 Å². The number of esters is 1. The molecule has 1 aromatic rings. The second kappa shape index (κ2) is 4.61. The zero-order valence-electron chi connectivity index (χ0n) is 8.54. The van der Waals surface area contributed by atoms with Gasteiger partial charge in [-0.3, -0.25) is 0 Å². The normalized spacial score (nSPS) is 9.57. The number of hydrogen-bond donors (Lipinski definition) is 0. The van der Waals surface area contributed by atoms with E-state index in [0.717, 1.165) is 5.56 Å². The van der Waals surface area contributed by atoms with Crippen LogP contribution in [0, 0.1) is 13.8 Å². The molecule has 0 saturated carbocycles. The highest BCUT2D eigenvalue weighted by Crippen LogP contribution is 2.09. The van der Waals surface area contributed by atoms with E-state index in [1.54, 1.807) is 0 Å². The predicted octanol–water partition coefficient (Wildman–Crippen LogP) is 2.53. The van der Waals surface area contributed by atoms with E-state index >= 15 is 0 Å². The molecule has 0 amide bonds. The van der Waals surface area contributed by atoms with Gasteiger partial charge < -0.3 is 4.74 Å². The minimum Gasteiger partial charge on any atom is -0.458 e. The fraction of sp³-hybridized carbons (Fsp3) is 0.250. The van der Waals surface area contributed by atoms with Gasteiger partial charge in [-0.05, 0) is 19.4 Å². The lowest BCUT2D eigenvalue weighted by Gasteiger charge is -2.04. The zero-order valence-corrected chi connectivity index (χ0v) is 8.54. The summed E-state index contributed by atoms with van der Waals surface area (Å²) in [6.07, 6.45) is 1.17. The third-order valence-electron chi connectivity index (χ3n) is 1.83. The minimum absolute atomic E-state index is 0.313. The number of aryl methyl sites for hydroxylation is 2. The summed E-state index contributed by atoms with van der Waals surface area (Å²) in [6, 6.07) is 6.09. The minimum atomic E-state index is -0.385. The summed E-state index contributed by atoms with van der Waals surface area (Å²) in [4.78, 5) is 10.8.